The molecule has 0 aliphatic carbocycles. The number of amides is 1. The number of aromatic nitrogens is 2. The number of anilines is 1. The van der Waals surface area contributed by atoms with E-state index in [0.29, 0.717) is 23.7 Å². The van der Waals surface area contributed by atoms with E-state index in [1.807, 2.05) is 19.9 Å². The standard InChI is InChI=1S/C16H20N4O4S/c1-4-20-14-8-13(5-6-15(14)24-10-16(20)21)25(22,23)17-9-12-7-11(2)19(3)18-12/h5-8,17H,4,9-10H2,1-3H3. The van der Waals surface area contributed by atoms with E-state index in [1.165, 1.54) is 17.0 Å². The summed E-state index contributed by atoms with van der Waals surface area (Å²) < 4.78 is 34.7. The number of sulfonamides is 1. The van der Waals surface area contributed by atoms with Crippen molar-refractivity contribution in [2.45, 2.75) is 25.3 Å². The number of nitrogens with zero attached hydrogens (tertiary/aromatic N) is 3. The number of aryl methyl sites for hydroxylation is 2. The summed E-state index contributed by atoms with van der Waals surface area (Å²) in [7, 11) is -1.94. The van der Waals surface area contributed by atoms with Crippen LogP contribution in [-0.2, 0) is 28.4 Å². The Kier molecular flexibility index (Phi) is 4.53. The van der Waals surface area contributed by atoms with Crippen LogP contribution in [0.15, 0.2) is 29.2 Å². The largest absolute Gasteiger partial charge is 0.482 e. The summed E-state index contributed by atoms with van der Waals surface area (Å²) in [6.07, 6.45) is 0. The SMILES string of the molecule is CCN1C(=O)COc2ccc(S(=O)(=O)NCc3cc(C)n(C)n3)cc21. The second-order valence-electron chi connectivity index (χ2n) is 5.78. The maximum Gasteiger partial charge on any atom is 0.265 e. The van der Waals surface area contributed by atoms with Crippen molar-refractivity contribution in [2.75, 3.05) is 18.1 Å². The van der Waals surface area contributed by atoms with Crippen LogP contribution >= 0.6 is 0 Å². The summed E-state index contributed by atoms with van der Waals surface area (Å²) >= 11 is 0. The minimum absolute atomic E-state index is 0.0375. The Morgan fingerprint density at radius 3 is 2.72 bits per heavy atom. The van der Waals surface area contributed by atoms with Gasteiger partial charge in [0.25, 0.3) is 5.91 Å². The maximum absolute atomic E-state index is 12.6. The van der Waals surface area contributed by atoms with Crippen LogP contribution in [0.25, 0.3) is 0 Å². The number of benzene rings is 1. The first-order chi connectivity index (χ1) is 11.8. The molecular weight excluding hydrogens is 344 g/mol. The van der Waals surface area contributed by atoms with Crippen LogP contribution < -0.4 is 14.4 Å². The minimum atomic E-state index is -3.74. The third-order valence-electron chi connectivity index (χ3n) is 4.11. The molecule has 0 fully saturated rings. The van der Waals surface area contributed by atoms with Gasteiger partial charge in [0.1, 0.15) is 5.75 Å². The summed E-state index contributed by atoms with van der Waals surface area (Å²) in [5.41, 5.74) is 2.04. The molecule has 25 heavy (non-hydrogen) atoms. The molecule has 1 aromatic carbocycles. The average Bonchev–Trinajstić information content (AvgIpc) is 2.91. The Hall–Kier alpha value is -2.39. The predicted molar refractivity (Wildman–Crippen MR) is 91.9 cm³/mol. The second kappa shape index (κ2) is 6.49. The zero-order valence-electron chi connectivity index (χ0n) is 14.3. The molecule has 1 aromatic heterocycles. The lowest BCUT2D eigenvalue weighted by atomic mass is 10.2. The molecule has 0 bridgehead atoms. The number of carbonyl (C=O) groups is 1. The molecule has 2 heterocycles. The number of hydrogen-bond acceptors (Lipinski definition) is 5. The van der Waals surface area contributed by atoms with Crippen LogP contribution in [-0.4, -0.2) is 37.3 Å². The lowest BCUT2D eigenvalue weighted by Gasteiger charge is -2.28. The highest BCUT2D eigenvalue weighted by molar-refractivity contribution is 7.89. The molecule has 1 N–H and O–H groups in total. The Bertz CT molecular complexity index is 901. The van der Waals surface area contributed by atoms with Gasteiger partial charge in [-0.25, -0.2) is 13.1 Å². The number of hydrogen-bond donors (Lipinski definition) is 1. The van der Waals surface area contributed by atoms with E-state index >= 15 is 0 Å². The van der Waals surface area contributed by atoms with Gasteiger partial charge in [0.2, 0.25) is 10.0 Å². The Morgan fingerprint density at radius 1 is 1.32 bits per heavy atom. The van der Waals surface area contributed by atoms with Gasteiger partial charge < -0.3 is 9.64 Å². The van der Waals surface area contributed by atoms with E-state index < -0.39 is 10.0 Å². The summed E-state index contributed by atoms with van der Waals surface area (Å²) in [6.45, 7) is 4.22. The molecule has 1 aliphatic heterocycles. The van der Waals surface area contributed by atoms with Crippen molar-refractivity contribution in [1.29, 1.82) is 0 Å². The van der Waals surface area contributed by atoms with Crippen LogP contribution in [0.2, 0.25) is 0 Å². The highest BCUT2D eigenvalue weighted by atomic mass is 32.2. The lowest BCUT2D eigenvalue weighted by molar-refractivity contribution is -0.121. The number of rotatable bonds is 5. The molecule has 2 aromatic rings. The van der Waals surface area contributed by atoms with Gasteiger partial charge in [-0.15, -0.1) is 0 Å². The third-order valence-corrected chi connectivity index (χ3v) is 5.51. The molecule has 0 radical (unpaired) electrons. The minimum Gasteiger partial charge on any atom is -0.482 e. The third kappa shape index (κ3) is 3.38. The fraction of sp³-hybridized carbons (Fsp3) is 0.375. The van der Waals surface area contributed by atoms with Crippen molar-refractivity contribution in [1.82, 2.24) is 14.5 Å². The number of nitrogens with one attached hydrogen (secondary N) is 1. The first-order valence-electron chi connectivity index (χ1n) is 7.88. The van der Waals surface area contributed by atoms with E-state index in [9.17, 15) is 13.2 Å². The zero-order chi connectivity index (χ0) is 18.2. The van der Waals surface area contributed by atoms with Crippen LogP contribution in [0, 0.1) is 6.92 Å². The first-order valence-corrected chi connectivity index (χ1v) is 9.36. The Morgan fingerprint density at radius 2 is 2.08 bits per heavy atom. The fourth-order valence-electron chi connectivity index (χ4n) is 2.67. The predicted octanol–water partition coefficient (Wildman–Crippen LogP) is 0.952. The highest BCUT2D eigenvalue weighted by Gasteiger charge is 2.26. The first kappa shape index (κ1) is 17.4. The van der Waals surface area contributed by atoms with Crippen LogP contribution in [0.3, 0.4) is 0 Å². The van der Waals surface area contributed by atoms with Gasteiger partial charge in [-0.2, -0.15) is 5.10 Å². The summed E-state index contributed by atoms with van der Waals surface area (Å²) in [4.78, 5) is 13.5. The maximum atomic E-state index is 12.6. The molecule has 3 rings (SSSR count). The normalized spacial score (nSPS) is 14.4. The van der Waals surface area contributed by atoms with E-state index in [4.69, 9.17) is 4.74 Å². The van der Waals surface area contributed by atoms with Crippen molar-refractivity contribution < 1.29 is 17.9 Å². The van der Waals surface area contributed by atoms with Gasteiger partial charge >= 0.3 is 0 Å². The quantitative estimate of drug-likeness (QED) is 0.853. The van der Waals surface area contributed by atoms with Crippen molar-refractivity contribution in [3.63, 3.8) is 0 Å². The average molecular weight is 364 g/mol. The van der Waals surface area contributed by atoms with Gasteiger partial charge in [0.15, 0.2) is 6.61 Å². The van der Waals surface area contributed by atoms with Gasteiger partial charge in [-0.3, -0.25) is 9.48 Å². The molecular formula is C16H20N4O4S. The van der Waals surface area contributed by atoms with Gasteiger partial charge in [0, 0.05) is 19.3 Å². The van der Waals surface area contributed by atoms with E-state index in [-0.39, 0.29) is 24.0 Å². The fourth-order valence-corrected chi connectivity index (χ4v) is 3.69. The van der Waals surface area contributed by atoms with Crippen LogP contribution in [0.1, 0.15) is 18.3 Å². The lowest BCUT2D eigenvalue weighted by Crippen LogP contribution is -2.38. The molecule has 0 unspecified atom stereocenters. The smallest absolute Gasteiger partial charge is 0.265 e. The van der Waals surface area contributed by atoms with E-state index in [2.05, 4.69) is 9.82 Å². The van der Waals surface area contributed by atoms with Crippen molar-refractivity contribution in [3.05, 3.63) is 35.7 Å². The van der Waals surface area contributed by atoms with Crippen molar-refractivity contribution in [3.8, 4) is 5.75 Å². The molecule has 0 saturated heterocycles. The van der Waals surface area contributed by atoms with Crippen molar-refractivity contribution in [2.24, 2.45) is 7.05 Å². The van der Waals surface area contributed by atoms with Crippen LogP contribution in [0.5, 0.6) is 5.75 Å². The summed E-state index contributed by atoms with van der Waals surface area (Å²) in [5, 5.41) is 4.23. The van der Waals surface area contributed by atoms with Crippen molar-refractivity contribution >= 4 is 21.6 Å². The number of ether oxygens (including phenoxy) is 1. The topological polar surface area (TPSA) is 93.5 Å². The molecule has 8 nitrogen and oxygen atoms in total. The molecule has 1 amide bonds. The Labute approximate surface area is 146 Å². The zero-order valence-corrected chi connectivity index (χ0v) is 15.1. The summed E-state index contributed by atoms with van der Waals surface area (Å²) in [5.74, 6) is 0.308. The molecule has 0 spiro atoms. The molecule has 134 valence electrons. The van der Waals surface area contributed by atoms with Gasteiger partial charge in [0.05, 0.1) is 22.8 Å². The molecule has 9 heteroatoms. The summed E-state index contributed by atoms with van der Waals surface area (Å²) in [6, 6.07) is 6.32. The van der Waals surface area contributed by atoms with Gasteiger partial charge in [-0.1, -0.05) is 0 Å². The molecule has 0 atom stereocenters. The van der Waals surface area contributed by atoms with Crippen LogP contribution in [0.4, 0.5) is 5.69 Å². The molecule has 0 saturated carbocycles. The highest BCUT2D eigenvalue weighted by Crippen LogP contribution is 2.34. The number of fused-ring (bicyclic) bond motifs is 1. The van der Waals surface area contributed by atoms with Gasteiger partial charge in [-0.05, 0) is 38.1 Å². The van der Waals surface area contributed by atoms with E-state index in [0.717, 1.165) is 5.69 Å². The Balaban J connectivity index is 1.85. The number of carbonyl (C=O) groups excluding carboxylic acids is 1. The monoisotopic (exact) mass is 364 g/mol. The second-order valence-corrected chi connectivity index (χ2v) is 7.55. The van der Waals surface area contributed by atoms with E-state index in [1.54, 1.807) is 17.8 Å². The number of likely N-dealkylation sites (N-methyl/N-ethyl adjacent to an activating group) is 1. The molecule has 1 aliphatic rings.